The van der Waals surface area contributed by atoms with Gasteiger partial charge in [-0.2, -0.15) is 4.31 Å². The van der Waals surface area contributed by atoms with Crippen molar-refractivity contribution in [2.75, 3.05) is 13.6 Å². The molecule has 1 unspecified atom stereocenters. The average Bonchev–Trinajstić information content (AvgIpc) is 2.41. The Balaban J connectivity index is 3.29. The summed E-state index contributed by atoms with van der Waals surface area (Å²) in [5.74, 6) is 0. The van der Waals surface area contributed by atoms with Crippen molar-refractivity contribution in [1.29, 1.82) is 0 Å². The smallest absolute Gasteiger partial charge is 0.244 e. The van der Waals surface area contributed by atoms with E-state index in [9.17, 15) is 8.42 Å². The maximum Gasteiger partial charge on any atom is 0.244 e. The largest absolute Gasteiger partial charge is 0.316 e. The van der Waals surface area contributed by atoms with E-state index in [1.807, 2.05) is 33.9 Å². The van der Waals surface area contributed by atoms with Crippen molar-refractivity contribution in [2.24, 2.45) is 0 Å². The van der Waals surface area contributed by atoms with Gasteiger partial charge in [0.1, 0.15) is 0 Å². The van der Waals surface area contributed by atoms with Crippen LogP contribution in [-0.4, -0.2) is 32.4 Å². The summed E-state index contributed by atoms with van der Waals surface area (Å²) in [6, 6.07) is 5.44. The van der Waals surface area contributed by atoms with Crippen molar-refractivity contribution in [1.82, 2.24) is 9.62 Å². The van der Waals surface area contributed by atoms with Crippen LogP contribution in [0.5, 0.6) is 0 Å². The molecular weight excluding hydrogens is 340 g/mol. The summed E-state index contributed by atoms with van der Waals surface area (Å²) < 4.78 is 27.8. The van der Waals surface area contributed by atoms with Gasteiger partial charge in [0, 0.05) is 23.6 Å². The van der Waals surface area contributed by atoms with E-state index >= 15 is 0 Å². The Kier molecular flexibility index (Phi) is 6.64. The van der Waals surface area contributed by atoms with Crippen molar-refractivity contribution in [3.63, 3.8) is 0 Å². The molecule has 0 amide bonds. The van der Waals surface area contributed by atoms with Crippen molar-refractivity contribution in [3.8, 4) is 0 Å². The van der Waals surface area contributed by atoms with Crippen molar-refractivity contribution in [3.05, 3.63) is 28.2 Å². The van der Waals surface area contributed by atoms with Crippen LogP contribution in [0.1, 0.15) is 32.8 Å². The Morgan fingerprint density at radius 1 is 1.35 bits per heavy atom. The highest BCUT2D eigenvalue weighted by molar-refractivity contribution is 9.10. The standard InChI is InChI=1S/C14H23BrN2O2S/c1-5-11(3)17(6-2)20(18,19)14-9-12(10-16-4)7-8-13(14)15/h7-9,11,16H,5-6,10H2,1-4H3. The monoisotopic (exact) mass is 362 g/mol. The first-order valence-electron chi connectivity index (χ1n) is 6.83. The number of rotatable bonds is 7. The minimum absolute atomic E-state index is 0.00939. The maximum absolute atomic E-state index is 12.8. The first-order chi connectivity index (χ1) is 9.38. The molecule has 1 rings (SSSR count). The van der Waals surface area contributed by atoms with Crippen molar-refractivity contribution < 1.29 is 8.42 Å². The fourth-order valence-corrected chi connectivity index (χ4v) is 4.80. The number of nitrogens with one attached hydrogen (secondary N) is 1. The van der Waals surface area contributed by atoms with E-state index < -0.39 is 10.0 Å². The highest BCUT2D eigenvalue weighted by Crippen LogP contribution is 2.27. The molecule has 0 aliphatic rings. The third kappa shape index (κ3) is 3.81. The van der Waals surface area contributed by atoms with Gasteiger partial charge in [0.2, 0.25) is 10.0 Å². The Labute approximate surface area is 130 Å². The molecule has 20 heavy (non-hydrogen) atoms. The lowest BCUT2D eigenvalue weighted by Crippen LogP contribution is -2.38. The third-order valence-electron chi connectivity index (χ3n) is 3.36. The number of benzene rings is 1. The molecule has 0 aliphatic heterocycles. The number of hydrogen-bond acceptors (Lipinski definition) is 3. The highest BCUT2D eigenvalue weighted by atomic mass is 79.9. The second-order valence-corrected chi connectivity index (χ2v) is 7.47. The lowest BCUT2D eigenvalue weighted by molar-refractivity contribution is 0.342. The number of nitrogens with zero attached hydrogens (tertiary/aromatic N) is 1. The summed E-state index contributed by atoms with van der Waals surface area (Å²) in [5.41, 5.74) is 0.953. The predicted molar refractivity (Wildman–Crippen MR) is 86.2 cm³/mol. The van der Waals surface area contributed by atoms with Gasteiger partial charge in [-0.3, -0.25) is 0 Å². The molecule has 6 heteroatoms. The maximum atomic E-state index is 12.8. The van der Waals surface area contributed by atoms with E-state index in [4.69, 9.17) is 0 Å². The fraction of sp³-hybridized carbons (Fsp3) is 0.571. The minimum Gasteiger partial charge on any atom is -0.316 e. The van der Waals surface area contributed by atoms with Crippen LogP contribution in [0.4, 0.5) is 0 Å². The summed E-state index contributed by atoms with van der Waals surface area (Å²) in [5, 5.41) is 3.04. The molecule has 1 atom stereocenters. The summed E-state index contributed by atoms with van der Waals surface area (Å²) in [4.78, 5) is 0.340. The van der Waals surface area contributed by atoms with Gasteiger partial charge >= 0.3 is 0 Å². The zero-order valence-electron chi connectivity index (χ0n) is 12.5. The van der Waals surface area contributed by atoms with E-state index in [1.165, 1.54) is 0 Å². The van der Waals surface area contributed by atoms with Gasteiger partial charge < -0.3 is 5.32 Å². The van der Waals surface area contributed by atoms with Gasteiger partial charge in [-0.05, 0) is 54.0 Å². The topological polar surface area (TPSA) is 49.4 Å². The lowest BCUT2D eigenvalue weighted by Gasteiger charge is -2.27. The number of halogens is 1. The first kappa shape index (κ1) is 17.6. The van der Waals surface area contributed by atoms with Gasteiger partial charge in [-0.25, -0.2) is 8.42 Å². The number of sulfonamides is 1. The number of hydrogen-bond donors (Lipinski definition) is 1. The Hall–Kier alpha value is -0.430. The molecule has 1 aromatic rings. The molecule has 1 N–H and O–H groups in total. The summed E-state index contributed by atoms with van der Waals surface area (Å²) in [7, 11) is -1.63. The zero-order valence-corrected chi connectivity index (χ0v) is 14.9. The Morgan fingerprint density at radius 3 is 2.50 bits per heavy atom. The molecule has 0 spiro atoms. The second-order valence-electron chi connectivity index (χ2n) is 4.76. The minimum atomic E-state index is -3.48. The summed E-state index contributed by atoms with van der Waals surface area (Å²) in [6.07, 6.45) is 0.793. The van der Waals surface area contributed by atoms with Gasteiger partial charge in [-0.1, -0.05) is 19.9 Å². The van der Waals surface area contributed by atoms with Crippen LogP contribution in [-0.2, 0) is 16.6 Å². The van der Waals surface area contributed by atoms with Crippen LogP contribution < -0.4 is 5.32 Å². The van der Waals surface area contributed by atoms with Crippen LogP contribution in [0.3, 0.4) is 0 Å². The molecule has 0 saturated heterocycles. The van der Waals surface area contributed by atoms with Crippen LogP contribution in [0, 0.1) is 0 Å². The molecule has 4 nitrogen and oxygen atoms in total. The van der Waals surface area contributed by atoms with Gasteiger partial charge in [-0.15, -0.1) is 0 Å². The van der Waals surface area contributed by atoms with E-state index in [-0.39, 0.29) is 6.04 Å². The van der Waals surface area contributed by atoms with Crippen molar-refractivity contribution >= 4 is 26.0 Å². The third-order valence-corrected chi connectivity index (χ3v) is 6.44. The van der Waals surface area contributed by atoms with E-state index in [0.29, 0.717) is 22.5 Å². The fourth-order valence-electron chi connectivity index (χ4n) is 2.11. The first-order valence-corrected chi connectivity index (χ1v) is 9.06. The molecule has 0 saturated carbocycles. The molecule has 0 bridgehead atoms. The quantitative estimate of drug-likeness (QED) is 0.810. The van der Waals surface area contributed by atoms with E-state index in [2.05, 4.69) is 21.2 Å². The second kappa shape index (κ2) is 7.54. The predicted octanol–water partition coefficient (Wildman–Crippen LogP) is 2.98. The van der Waals surface area contributed by atoms with E-state index in [0.717, 1.165) is 12.0 Å². The highest BCUT2D eigenvalue weighted by Gasteiger charge is 2.28. The summed E-state index contributed by atoms with van der Waals surface area (Å²) >= 11 is 3.36. The Morgan fingerprint density at radius 2 is 2.00 bits per heavy atom. The van der Waals surface area contributed by atoms with Crippen LogP contribution in [0.2, 0.25) is 0 Å². The molecule has 0 radical (unpaired) electrons. The molecule has 1 aromatic carbocycles. The average molecular weight is 363 g/mol. The SMILES string of the molecule is CCC(C)N(CC)S(=O)(=O)c1cc(CNC)ccc1Br. The van der Waals surface area contributed by atoms with Crippen LogP contribution >= 0.6 is 15.9 Å². The molecule has 114 valence electrons. The Bertz CT molecular complexity index is 546. The van der Waals surface area contributed by atoms with Crippen molar-refractivity contribution in [2.45, 2.75) is 44.7 Å². The van der Waals surface area contributed by atoms with Gasteiger partial charge in [0.25, 0.3) is 0 Å². The van der Waals surface area contributed by atoms with Gasteiger partial charge in [0.05, 0.1) is 4.90 Å². The zero-order chi connectivity index (χ0) is 15.3. The van der Waals surface area contributed by atoms with Crippen LogP contribution in [0.15, 0.2) is 27.6 Å². The van der Waals surface area contributed by atoms with Crippen LogP contribution in [0.25, 0.3) is 0 Å². The molecule has 0 heterocycles. The van der Waals surface area contributed by atoms with Gasteiger partial charge in [0.15, 0.2) is 0 Å². The lowest BCUT2D eigenvalue weighted by atomic mass is 10.2. The van der Waals surface area contributed by atoms with E-state index in [1.54, 1.807) is 16.4 Å². The normalized spacial score (nSPS) is 13.7. The molecule has 0 aromatic heterocycles. The summed E-state index contributed by atoms with van der Waals surface area (Å²) in [6.45, 7) is 6.92. The molecule has 0 aliphatic carbocycles. The molecule has 0 fully saturated rings. The molecular formula is C14H23BrN2O2S.